The third-order valence-electron chi connectivity index (χ3n) is 7.22. The molecular formula is C28H35N7S. The van der Waals surface area contributed by atoms with Crippen molar-refractivity contribution in [2.75, 3.05) is 23.9 Å². The highest BCUT2D eigenvalue weighted by atomic mass is 32.2. The van der Waals surface area contributed by atoms with Gasteiger partial charge in [0.2, 0.25) is 0 Å². The number of hydrogen-bond acceptors (Lipinski definition) is 7. The zero-order chi connectivity index (χ0) is 24.9. The Kier molecular flexibility index (Phi) is 7.72. The lowest BCUT2D eigenvalue weighted by Gasteiger charge is -2.47. The number of benzene rings is 1. The molecule has 2 bridgehead atoms. The fraction of sp³-hybridized carbons (Fsp3) is 0.393. The van der Waals surface area contributed by atoms with E-state index in [9.17, 15) is 0 Å². The number of nitrogens with zero attached hydrogens (tertiary/aromatic N) is 4. The summed E-state index contributed by atoms with van der Waals surface area (Å²) in [6.45, 7) is 1.98. The van der Waals surface area contributed by atoms with Gasteiger partial charge in [-0.2, -0.15) is 5.10 Å². The number of fused-ring (bicyclic) bond motifs is 3. The van der Waals surface area contributed by atoms with Crippen molar-refractivity contribution < 1.29 is 0 Å². The molecule has 36 heavy (non-hydrogen) atoms. The Hall–Kier alpha value is -3.10. The highest BCUT2D eigenvalue weighted by Gasteiger charge is 2.36. The first-order valence-corrected chi connectivity index (χ1v) is 13.9. The number of nitrogens with one attached hydrogen (secondary N) is 3. The number of piperidine rings is 2. The number of aryl methyl sites for hydroxylation is 1. The van der Waals surface area contributed by atoms with E-state index < -0.39 is 0 Å². The third-order valence-corrected chi connectivity index (χ3v) is 7.96. The number of thioether (sulfide) groups is 1. The van der Waals surface area contributed by atoms with E-state index in [2.05, 4.69) is 62.2 Å². The molecule has 2 saturated heterocycles. The van der Waals surface area contributed by atoms with Crippen molar-refractivity contribution in [3.05, 3.63) is 66.5 Å². The lowest BCUT2D eigenvalue weighted by atomic mass is 9.82. The first-order valence-electron chi connectivity index (χ1n) is 12.7. The SMILES string of the molecule is CSc1ccccc1.Cc1cc(Nc2cc3ncccc3c(NC3CC4CCCC(C3)N4C)n2)n[nH]1. The summed E-state index contributed by atoms with van der Waals surface area (Å²) in [4.78, 5) is 13.4. The molecule has 0 radical (unpaired) electrons. The van der Waals surface area contributed by atoms with Crippen molar-refractivity contribution in [3.8, 4) is 0 Å². The van der Waals surface area contributed by atoms with Crippen LogP contribution in [0.4, 0.5) is 17.5 Å². The number of aromatic amines is 1. The molecule has 2 fully saturated rings. The Morgan fingerprint density at radius 2 is 1.78 bits per heavy atom. The van der Waals surface area contributed by atoms with E-state index in [0.29, 0.717) is 18.1 Å². The predicted molar refractivity (Wildman–Crippen MR) is 150 cm³/mol. The van der Waals surface area contributed by atoms with Crippen LogP contribution in [0.1, 0.15) is 37.8 Å². The molecule has 0 aliphatic carbocycles. The second-order valence-electron chi connectivity index (χ2n) is 9.72. The molecule has 3 N–H and O–H groups in total. The van der Waals surface area contributed by atoms with Gasteiger partial charge in [0.05, 0.1) is 5.52 Å². The van der Waals surface area contributed by atoms with Gasteiger partial charge in [0.1, 0.15) is 11.6 Å². The average Bonchev–Trinajstić information content (AvgIpc) is 3.30. The zero-order valence-electron chi connectivity index (χ0n) is 21.2. The van der Waals surface area contributed by atoms with Crippen molar-refractivity contribution in [3.63, 3.8) is 0 Å². The fourth-order valence-electron chi connectivity index (χ4n) is 5.35. The van der Waals surface area contributed by atoms with Gasteiger partial charge >= 0.3 is 0 Å². The van der Waals surface area contributed by atoms with Crippen LogP contribution in [0, 0.1) is 6.92 Å². The van der Waals surface area contributed by atoms with Gasteiger partial charge < -0.3 is 15.5 Å². The van der Waals surface area contributed by atoms with Gasteiger partial charge in [-0.25, -0.2) is 4.98 Å². The normalized spacial score (nSPS) is 21.5. The first-order chi connectivity index (χ1) is 17.6. The quantitative estimate of drug-likeness (QED) is 0.279. The Morgan fingerprint density at radius 3 is 2.44 bits per heavy atom. The van der Waals surface area contributed by atoms with Gasteiger partial charge in [-0.15, -0.1) is 11.8 Å². The van der Waals surface area contributed by atoms with E-state index in [1.807, 2.05) is 49.5 Å². The monoisotopic (exact) mass is 501 g/mol. The second-order valence-corrected chi connectivity index (χ2v) is 10.6. The number of pyridine rings is 2. The topological polar surface area (TPSA) is 81.8 Å². The first kappa shape index (κ1) is 24.6. The zero-order valence-corrected chi connectivity index (χ0v) is 22.1. The minimum atomic E-state index is 0.449. The van der Waals surface area contributed by atoms with E-state index in [-0.39, 0.29) is 0 Å². The standard InChI is InChI=1S/C21H27N7.C7H8S/c1-13-9-20(27-26-13)24-19-12-18-17(7-4-8-22-18)21(25-19)23-14-10-15-5-3-6-16(11-14)28(15)2;1-8-7-5-3-2-4-6-7/h4,7-9,12,14-16H,3,5-6,10-11H2,1-2H3,(H3,23,24,25,26,27);2-6H,1H3. The molecule has 2 atom stereocenters. The van der Waals surface area contributed by atoms with Crippen molar-refractivity contribution in [1.82, 2.24) is 25.1 Å². The van der Waals surface area contributed by atoms with Gasteiger partial charge in [0.25, 0.3) is 0 Å². The van der Waals surface area contributed by atoms with E-state index in [0.717, 1.165) is 34.1 Å². The van der Waals surface area contributed by atoms with Crippen molar-refractivity contribution >= 4 is 40.1 Å². The van der Waals surface area contributed by atoms with Crippen LogP contribution < -0.4 is 10.6 Å². The fourth-order valence-corrected chi connectivity index (χ4v) is 5.78. The van der Waals surface area contributed by atoms with Gasteiger partial charge in [-0.3, -0.25) is 10.1 Å². The summed E-state index contributed by atoms with van der Waals surface area (Å²) in [5.41, 5.74) is 1.94. The highest BCUT2D eigenvalue weighted by Crippen LogP contribution is 2.35. The maximum absolute atomic E-state index is 4.88. The van der Waals surface area contributed by atoms with Crippen LogP contribution in [0.3, 0.4) is 0 Å². The molecule has 0 amide bonds. The van der Waals surface area contributed by atoms with Gasteiger partial charge in [0.15, 0.2) is 5.82 Å². The smallest absolute Gasteiger partial charge is 0.153 e. The summed E-state index contributed by atoms with van der Waals surface area (Å²) in [5, 5.41) is 15.3. The molecule has 0 spiro atoms. The molecule has 188 valence electrons. The van der Waals surface area contributed by atoms with Crippen LogP contribution in [0.5, 0.6) is 0 Å². The Bertz CT molecular complexity index is 1260. The summed E-state index contributed by atoms with van der Waals surface area (Å²) < 4.78 is 0. The predicted octanol–water partition coefficient (Wildman–Crippen LogP) is 6.24. The van der Waals surface area contributed by atoms with Gasteiger partial charge in [0, 0.05) is 52.4 Å². The molecule has 2 unspecified atom stereocenters. The molecule has 2 aliphatic rings. The Labute approximate surface area is 217 Å². The van der Waals surface area contributed by atoms with E-state index in [1.165, 1.54) is 37.0 Å². The maximum Gasteiger partial charge on any atom is 0.153 e. The van der Waals surface area contributed by atoms with Crippen molar-refractivity contribution in [2.24, 2.45) is 0 Å². The van der Waals surface area contributed by atoms with E-state index >= 15 is 0 Å². The molecular weight excluding hydrogens is 466 g/mol. The van der Waals surface area contributed by atoms with Crippen LogP contribution in [-0.2, 0) is 0 Å². The number of aromatic nitrogens is 4. The van der Waals surface area contributed by atoms with Crippen LogP contribution in [-0.4, -0.2) is 56.5 Å². The van der Waals surface area contributed by atoms with Crippen molar-refractivity contribution in [1.29, 1.82) is 0 Å². The molecule has 7 nitrogen and oxygen atoms in total. The number of anilines is 3. The minimum Gasteiger partial charge on any atom is -0.367 e. The molecule has 4 aromatic rings. The largest absolute Gasteiger partial charge is 0.367 e. The molecule has 3 aromatic heterocycles. The summed E-state index contributed by atoms with van der Waals surface area (Å²) in [6, 6.07) is 20.2. The second kappa shape index (κ2) is 11.3. The summed E-state index contributed by atoms with van der Waals surface area (Å²) >= 11 is 1.77. The molecule has 5 heterocycles. The highest BCUT2D eigenvalue weighted by molar-refractivity contribution is 7.98. The van der Waals surface area contributed by atoms with Gasteiger partial charge in [-0.1, -0.05) is 24.6 Å². The maximum atomic E-state index is 4.88. The summed E-state index contributed by atoms with van der Waals surface area (Å²) in [5.74, 6) is 2.43. The summed E-state index contributed by atoms with van der Waals surface area (Å²) in [6.07, 6.45) is 10.2. The number of rotatable bonds is 5. The van der Waals surface area contributed by atoms with Crippen molar-refractivity contribution in [2.45, 2.75) is 62.0 Å². The van der Waals surface area contributed by atoms with Crippen LogP contribution in [0.15, 0.2) is 65.7 Å². The molecule has 0 saturated carbocycles. The lowest BCUT2D eigenvalue weighted by Crippen LogP contribution is -2.52. The third kappa shape index (κ3) is 5.82. The van der Waals surface area contributed by atoms with Crippen LogP contribution >= 0.6 is 11.8 Å². The van der Waals surface area contributed by atoms with Crippen LogP contribution in [0.2, 0.25) is 0 Å². The van der Waals surface area contributed by atoms with Gasteiger partial charge in [-0.05, 0) is 70.2 Å². The minimum absolute atomic E-state index is 0.449. The number of hydrogen-bond donors (Lipinski definition) is 3. The van der Waals surface area contributed by atoms with Crippen LogP contribution in [0.25, 0.3) is 10.9 Å². The average molecular weight is 502 g/mol. The number of H-pyrrole nitrogens is 1. The lowest BCUT2D eigenvalue weighted by molar-refractivity contribution is 0.0608. The molecule has 2 aliphatic heterocycles. The molecule has 6 rings (SSSR count). The summed E-state index contributed by atoms with van der Waals surface area (Å²) in [7, 11) is 2.29. The molecule has 8 heteroatoms. The Balaban J connectivity index is 0.000000286. The van der Waals surface area contributed by atoms with E-state index in [1.54, 1.807) is 11.8 Å². The van der Waals surface area contributed by atoms with E-state index in [4.69, 9.17) is 4.98 Å². The Morgan fingerprint density at radius 1 is 1.00 bits per heavy atom. The molecule has 1 aromatic carbocycles.